The lowest BCUT2D eigenvalue weighted by molar-refractivity contribution is -0.131. The van der Waals surface area contributed by atoms with E-state index in [1.54, 1.807) is 6.08 Å². The number of carbonyl (C=O) groups is 1. The Morgan fingerprint density at radius 1 is 1.31 bits per heavy atom. The molecule has 1 fully saturated rings. The van der Waals surface area contributed by atoms with Crippen molar-refractivity contribution in [3.8, 4) is 0 Å². The first-order valence-electron chi connectivity index (χ1n) is 4.74. The van der Waals surface area contributed by atoms with Gasteiger partial charge in [0.15, 0.2) is 0 Å². The Labute approximate surface area is 78.1 Å². The van der Waals surface area contributed by atoms with Crippen LogP contribution >= 0.6 is 0 Å². The molecule has 1 saturated carbocycles. The van der Waals surface area contributed by atoms with Crippen molar-refractivity contribution in [2.75, 3.05) is 0 Å². The summed E-state index contributed by atoms with van der Waals surface area (Å²) in [6, 6.07) is 0. The third-order valence-electron chi connectivity index (χ3n) is 2.54. The highest BCUT2D eigenvalue weighted by Gasteiger charge is 2.27. The molecule has 0 saturated heterocycles. The molecule has 1 aliphatic carbocycles. The molecule has 74 valence electrons. The summed E-state index contributed by atoms with van der Waals surface area (Å²) in [6.45, 7) is 0. The Morgan fingerprint density at radius 3 is 2.46 bits per heavy atom. The van der Waals surface area contributed by atoms with Gasteiger partial charge in [0, 0.05) is 6.08 Å². The van der Waals surface area contributed by atoms with Crippen LogP contribution in [0.1, 0.15) is 38.5 Å². The number of rotatable bonds is 3. The molecule has 3 heteroatoms. The van der Waals surface area contributed by atoms with Crippen molar-refractivity contribution in [3.05, 3.63) is 12.2 Å². The van der Waals surface area contributed by atoms with Crippen LogP contribution in [0.5, 0.6) is 0 Å². The number of hydrogen-bond acceptors (Lipinski definition) is 2. The van der Waals surface area contributed by atoms with Gasteiger partial charge < -0.3 is 10.2 Å². The van der Waals surface area contributed by atoms with E-state index in [4.69, 9.17) is 5.11 Å². The van der Waals surface area contributed by atoms with Gasteiger partial charge in [-0.2, -0.15) is 0 Å². The molecule has 0 spiro atoms. The molecule has 0 atom stereocenters. The molecule has 0 heterocycles. The van der Waals surface area contributed by atoms with Crippen molar-refractivity contribution < 1.29 is 15.0 Å². The maximum atomic E-state index is 10.2. The van der Waals surface area contributed by atoms with Gasteiger partial charge in [-0.05, 0) is 19.3 Å². The van der Waals surface area contributed by atoms with E-state index in [0.29, 0.717) is 6.42 Å². The summed E-state index contributed by atoms with van der Waals surface area (Å²) < 4.78 is 0. The first kappa shape index (κ1) is 10.3. The van der Waals surface area contributed by atoms with E-state index >= 15 is 0 Å². The van der Waals surface area contributed by atoms with Crippen LogP contribution in [0.3, 0.4) is 0 Å². The van der Waals surface area contributed by atoms with Gasteiger partial charge >= 0.3 is 5.97 Å². The predicted molar refractivity (Wildman–Crippen MR) is 49.4 cm³/mol. The molecule has 0 aromatic carbocycles. The molecule has 0 aliphatic heterocycles. The normalized spacial score (nSPS) is 21.9. The average Bonchev–Trinajstić information content (AvgIpc) is 2.04. The molecule has 1 aliphatic rings. The molecule has 2 N–H and O–H groups in total. The summed E-state index contributed by atoms with van der Waals surface area (Å²) in [5.41, 5.74) is -0.635. The van der Waals surface area contributed by atoms with E-state index in [9.17, 15) is 9.90 Å². The molecule has 0 radical (unpaired) electrons. The lowest BCUT2D eigenvalue weighted by Gasteiger charge is -2.30. The van der Waals surface area contributed by atoms with Crippen molar-refractivity contribution in [1.29, 1.82) is 0 Å². The zero-order chi connectivity index (χ0) is 9.73. The summed E-state index contributed by atoms with van der Waals surface area (Å²) >= 11 is 0. The summed E-state index contributed by atoms with van der Waals surface area (Å²) in [7, 11) is 0. The van der Waals surface area contributed by atoms with Gasteiger partial charge in [-0.3, -0.25) is 0 Å². The highest BCUT2D eigenvalue weighted by molar-refractivity contribution is 5.79. The van der Waals surface area contributed by atoms with E-state index in [1.165, 1.54) is 6.42 Å². The van der Waals surface area contributed by atoms with Gasteiger partial charge in [0.25, 0.3) is 0 Å². The quantitative estimate of drug-likeness (QED) is 0.656. The van der Waals surface area contributed by atoms with Crippen molar-refractivity contribution in [3.63, 3.8) is 0 Å². The summed E-state index contributed by atoms with van der Waals surface area (Å²) in [5.74, 6) is -0.945. The third kappa shape index (κ3) is 3.59. The van der Waals surface area contributed by atoms with E-state index in [2.05, 4.69) is 0 Å². The maximum absolute atomic E-state index is 10.2. The highest BCUT2D eigenvalue weighted by atomic mass is 16.4. The molecule has 0 unspecified atom stereocenters. The zero-order valence-corrected chi connectivity index (χ0v) is 7.70. The minimum atomic E-state index is -0.945. The summed E-state index contributed by atoms with van der Waals surface area (Å²) in [6.07, 6.45) is 8.02. The number of carboxylic acids is 1. The second-order valence-corrected chi connectivity index (χ2v) is 3.73. The standard InChI is InChI=1S/C10H16O3/c11-9(12)5-4-8-10(13)6-2-1-3-7-10/h4-5,13H,1-3,6-8H2,(H,11,12). The Bertz CT molecular complexity index is 202. The molecule has 0 aromatic heterocycles. The lowest BCUT2D eigenvalue weighted by atomic mass is 9.82. The first-order chi connectivity index (χ1) is 6.12. The van der Waals surface area contributed by atoms with Crippen molar-refractivity contribution >= 4 is 5.97 Å². The molecule has 13 heavy (non-hydrogen) atoms. The Hall–Kier alpha value is -0.830. The van der Waals surface area contributed by atoms with Crippen LogP contribution in [0.2, 0.25) is 0 Å². The fraction of sp³-hybridized carbons (Fsp3) is 0.700. The maximum Gasteiger partial charge on any atom is 0.327 e. The Morgan fingerprint density at radius 2 is 1.92 bits per heavy atom. The van der Waals surface area contributed by atoms with Crippen LogP contribution in [-0.2, 0) is 4.79 Å². The van der Waals surface area contributed by atoms with Crippen molar-refractivity contribution in [2.45, 2.75) is 44.1 Å². The van der Waals surface area contributed by atoms with Gasteiger partial charge in [0.05, 0.1) is 5.60 Å². The highest BCUT2D eigenvalue weighted by Crippen LogP contribution is 2.30. The SMILES string of the molecule is O=C(O)C=CCC1(O)CCCCC1. The third-order valence-corrected chi connectivity index (χ3v) is 2.54. The lowest BCUT2D eigenvalue weighted by Crippen LogP contribution is -2.30. The van der Waals surface area contributed by atoms with E-state index in [-0.39, 0.29) is 0 Å². The van der Waals surface area contributed by atoms with E-state index < -0.39 is 11.6 Å². The van der Waals surface area contributed by atoms with E-state index in [0.717, 1.165) is 31.8 Å². The molecule has 0 amide bonds. The van der Waals surface area contributed by atoms with Crippen molar-refractivity contribution in [2.24, 2.45) is 0 Å². The number of aliphatic carboxylic acids is 1. The van der Waals surface area contributed by atoms with Crippen molar-refractivity contribution in [1.82, 2.24) is 0 Å². The van der Waals surface area contributed by atoms with Crippen LogP contribution in [-0.4, -0.2) is 21.8 Å². The minimum Gasteiger partial charge on any atom is -0.478 e. The monoisotopic (exact) mass is 184 g/mol. The fourth-order valence-corrected chi connectivity index (χ4v) is 1.79. The smallest absolute Gasteiger partial charge is 0.327 e. The number of aliphatic hydroxyl groups is 1. The molecular weight excluding hydrogens is 168 g/mol. The fourth-order valence-electron chi connectivity index (χ4n) is 1.79. The topological polar surface area (TPSA) is 57.5 Å². The summed E-state index contributed by atoms with van der Waals surface area (Å²) in [5, 5.41) is 18.3. The second-order valence-electron chi connectivity index (χ2n) is 3.73. The molecule has 0 aromatic rings. The molecule has 1 rings (SSSR count). The van der Waals surface area contributed by atoms with Crippen LogP contribution in [0.25, 0.3) is 0 Å². The first-order valence-corrected chi connectivity index (χ1v) is 4.74. The van der Waals surface area contributed by atoms with E-state index in [1.807, 2.05) is 0 Å². The van der Waals surface area contributed by atoms with Gasteiger partial charge in [-0.1, -0.05) is 25.3 Å². The Kier molecular flexibility index (Phi) is 3.48. The van der Waals surface area contributed by atoms with Crippen LogP contribution in [0.4, 0.5) is 0 Å². The van der Waals surface area contributed by atoms with Crippen LogP contribution in [0, 0.1) is 0 Å². The van der Waals surface area contributed by atoms with Gasteiger partial charge in [-0.25, -0.2) is 4.79 Å². The zero-order valence-electron chi connectivity index (χ0n) is 7.70. The van der Waals surface area contributed by atoms with Gasteiger partial charge in [-0.15, -0.1) is 0 Å². The summed E-state index contributed by atoms with van der Waals surface area (Å²) in [4.78, 5) is 10.2. The Balaban J connectivity index is 2.37. The van der Waals surface area contributed by atoms with Crippen LogP contribution < -0.4 is 0 Å². The van der Waals surface area contributed by atoms with Gasteiger partial charge in [0.2, 0.25) is 0 Å². The average molecular weight is 184 g/mol. The number of hydrogen-bond donors (Lipinski definition) is 2. The van der Waals surface area contributed by atoms with Gasteiger partial charge in [0.1, 0.15) is 0 Å². The number of carboxylic acid groups (broad SMARTS) is 1. The molecule has 0 bridgehead atoms. The molecular formula is C10H16O3. The largest absolute Gasteiger partial charge is 0.478 e. The van der Waals surface area contributed by atoms with Crippen LogP contribution in [0.15, 0.2) is 12.2 Å². The molecule has 3 nitrogen and oxygen atoms in total. The predicted octanol–water partition coefficient (Wildman–Crippen LogP) is 1.71. The minimum absolute atomic E-state index is 0.472. The second kappa shape index (κ2) is 4.42.